The minimum Gasteiger partial charge on any atom is -0.497 e. The molecule has 0 saturated heterocycles. The largest absolute Gasteiger partial charge is 0.497 e. The van der Waals surface area contributed by atoms with Crippen molar-refractivity contribution >= 4 is 17.4 Å². The number of methoxy groups -OCH3 is 1. The molecule has 4 aromatic rings. The maximum atomic E-state index is 12.6. The molecule has 1 amide bonds. The lowest BCUT2D eigenvalue weighted by Gasteiger charge is -2.10. The van der Waals surface area contributed by atoms with Crippen molar-refractivity contribution in [3.63, 3.8) is 0 Å². The standard InChI is InChI=1S/C26H24N4O2/c1-18-6-10-20(11-7-18)25-27-15-14-24(30-25)29-22-5-3-4-21(16-22)26(31)28-17-19-8-12-23(32-2)13-9-19/h3-16H,17H2,1-2H3,(H,28,31)(H,27,29,30). The molecule has 1 heterocycles. The quantitative estimate of drug-likeness (QED) is 0.430. The molecule has 3 aromatic carbocycles. The second-order valence-corrected chi connectivity index (χ2v) is 7.37. The second-order valence-electron chi connectivity index (χ2n) is 7.37. The molecule has 0 atom stereocenters. The average molecular weight is 425 g/mol. The van der Waals surface area contributed by atoms with Gasteiger partial charge in [0.2, 0.25) is 0 Å². The Kier molecular flexibility index (Phi) is 6.41. The summed E-state index contributed by atoms with van der Waals surface area (Å²) in [6, 6.07) is 24.8. The molecule has 0 fully saturated rings. The van der Waals surface area contributed by atoms with Crippen LogP contribution in [0, 0.1) is 6.92 Å². The molecular formula is C26H24N4O2. The zero-order valence-corrected chi connectivity index (χ0v) is 18.0. The SMILES string of the molecule is COc1ccc(CNC(=O)c2cccc(Nc3ccnc(-c4ccc(C)cc4)n3)c2)cc1. The zero-order valence-electron chi connectivity index (χ0n) is 18.0. The van der Waals surface area contributed by atoms with Gasteiger partial charge in [0.05, 0.1) is 7.11 Å². The van der Waals surface area contributed by atoms with Crippen molar-refractivity contribution in [1.82, 2.24) is 15.3 Å². The van der Waals surface area contributed by atoms with Gasteiger partial charge in [-0.2, -0.15) is 0 Å². The highest BCUT2D eigenvalue weighted by Gasteiger charge is 2.08. The number of benzene rings is 3. The molecule has 0 bridgehead atoms. The van der Waals surface area contributed by atoms with Crippen molar-refractivity contribution in [1.29, 1.82) is 0 Å². The van der Waals surface area contributed by atoms with E-state index in [1.807, 2.05) is 67.6 Å². The van der Waals surface area contributed by atoms with E-state index in [0.717, 1.165) is 22.6 Å². The summed E-state index contributed by atoms with van der Waals surface area (Å²) in [6.07, 6.45) is 1.72. The van der Waals surface area contributed by atoms with E-state index in [-0.39, 0.29) is 5.91 Å². The molecule has 0 unspecified atom stereocenters. The summed E-state index contributed by atoms with van der Waals surface area (Å²) >= 11 is 0. The maximum absolute atomic E-state index is 12.6. The Balaban J connectivity index is 1.43. The van der Waals surface area contributed by atoms with Crippen LogP contribution in [-0.2, 0) is 6.54 Å². The van der Waals surface area contributed by atoms with Gasteiger partial charge >= 0.3 is 0 Å². The van der Waals surface area contributed by atoms with E-state index in [2.05, 4.69) is 20.6 Å². The van der Waals surface area contributed by atoms with Gasteiger partial charge in [-0.1, -0.05) is 48.0 Å². The van der Waals surface area contributed by atoms with Crippen LogP contribution in [-0.4, -0.2) is 23.0 Å². The minimum atomic E-state index is -0.146. The predicted octanol–water partition coefficient (Wildman–Crippen LogP) is 5.13. The lowest BCUT2D eigenvalue weighted by Crippen LogP contribution is -2.22. The van der Waals surface area contributed by atoms with E-state index in [1.54, 1.807) is 31.5 Å². The van der Waals surface area contributed by atoms with Crippen molar-refractivity contribution in [2.75, 3.05) is 12.4 Å². The molecule has 160 valence electrons. The molecule has 6 nitrogen and oxygen atoms in total. The van der Waals surface area contributed by atoms with E-state index >= 15 is 0 Å². The molecule has 6 heteroatoms. The number of rotatable bonds is 7. The molecule has 0 aliphatic rings. The molecule has 32 heavy (non-hydrogen) atoms. The monoisotopic (exact) mass is 424 g/mol. The topological polar surface area (TPSA) is 76.1 Å². The Morgan fingerprint density at radius 1 is 0.969 bits per heavy atom. The molecule has 2 N–H and O–H groups in total. The Morgan fingerprint density at radius 3 is 2.50 bits per heavy atom. The Hall–Kier alpha value is -4.19. The van der Waals surface area contributed by atoms with Gasteiger partial charge in [-0.05, 0) is 48.9 Å². The van der Waals surface area contributed by atoms with Crippen LogP contribution in [0.4, 0.5) is 11.5 Å². The minimum absolute atomic E-state index is 0.146. The molecule has 0 saturated carbocycles. The fraction of sp³-hybridized carbons (Fsp3) is 0.115. The van der Waals surface area contributed by atoms with Crippen LogP contribution < -0.4 is 15.4 Å². The molecule has 0 spiro atoms. The van der Waals surface area contributed by atoms with Crippen molar-refractivity contribution in [2.45, 2.75) is 13.5 Å². The number of anilines is 2. The van der Waals surface area contributed by atoms with Crippen LogP contribution in [0.3, 0.4) is 0 Å². The second kappa shape index (κ2) is 9.75. The lowest BCUT2D eigenvalue weighted by atomic mass is 10.1. The number of nitrogens with one attached hydrogen (secondary N) is 2. The summed E-state index contributed by atoms with van der Waals surface area (Å²) in [5, 5.41) is 6.21. The molecule has 4 rings (SSSR count). The fourth-order valence-corrected chi connectivity index (χ4v) is 3.18. The zero-order chi connectivity index (χ0) is 22.3. The van der Waals surface area contributed by atoms with Gasteiger partial charge in [-0.15, -0.1) is 0 Å². The number of amides is 1. The van der Waals surface area contributed by atoms with E-state index in [1.165, 1.54) is 5.56 Å². The van der Waals surface area contributed by atoms with E-state index < -0.39 is 0 Å². The molecule has 1 aromatic heterocycles. The van der Waals surface area contributed by atoms with Crippen LogP contribution >= 0.6 is 0 Å². The number of hydrogen-bond donors (Lipinski definition) is 2. The first kappa shape index (κ1) is 21.1. The molecule has 0 aliphatic carbocycles. The fourth-order valence-electron chi connectivity index (χ4n) is 3.18. The van der Waals surface area contributed by atoms with Crippen molar-refractivity contribution in [3.8, 4) is 17.1 Å². The lowest BCUT2D eigenvalue weighted by molar-refractivity contribution is 0.0951. The average Bonchev–Trinajstić information content (AvgIpc) is 2.83. The van der Waals surface area contributed by atoms with E-state index in [0.29, 0.717) is 23.8 Å². The number of carbonyl (C=O) groups is 1. The smallest absolute Gasteiger partial charge is 0.251 e. The normalized spacial score (nSPS) is 10.4. The number of nitrogens with zero attached hydrogens (tertiary/aromatic N) is 2. The van der Waals surface area contributed by atoms with Crippen molar-refractivity contribution in [3.05, 3.63) is 102 Å². The first-order valence-electron chi connectivity index (χ1n) is 10.3. The van der Waals surface area contributed by atoms with Gasteiger partial charge in [-0.3, -0.25) is 4.79 Å². The van der Waals surface area contributed by atoms with Gasteiger partial charge < -0.3 is 15.4 Å². The van der Waals surface area contributed by atoms with Gasteiger partial charge in [0.25, 0.3) is 5.91 Å². The summed E-state index contributed by atoms with van der Waals surface area (Å²) in [5.41, 5.74) is 4.47. The van der Waals surface area contributed by atoms with Gasteiger partial charge in [0.15, 0.2) is 5.82 Å². The van der Waals surface area contributed by atoms with Crippen LogP contribution in [0.15, 0.2) is 85.1 Å². The summed E-state index contributed by atoms with van der Waals surface area (Å²) in [7, 11) is 1.63. The van der Waals surface area contributed by atoms with E-state index in [9.17, 15) is 4.79 Å². The van der Waals surface area contributed by atoms with Crippen molar-refractivity contribution in [2.24, 2.45) is 0 Å². The third-order valence-electron chi connectivity index (χ3n) is 4.97. The maximum Gasteiger partial charge on any atom is 0.251 e. The number of ether oxygens (including phenoxy) is 1. The van der Waals surface area contributed by atoms with Crippen LogP contribution in [0.25, 0.3) is 11.4 Å². The summed E-state index contributed by atoms with van der Waals surface area (Å²) in [5.74, 6) is 1.94. The third-order valence-corrected chi connectivity index (χ3v) is 4.97. The summed E-state index contributed by atoms with van der Waals surface area (Å²) < 4.78 is 5.16. The number of hydrogen-bond acceptors (Lipinski definition) is 5. The summed E-state index contributed by atoms with van der Waals surface area (Å²) in [4.78, 5) is 21.6. The first-order valence-corrected chi connectivity index (χ1v) is 10.3. The van der Waals surface area contributed by atoms with Crippen LogP contribution in [0.5, 0.6) is 5.75 Å². The molecule has 0 radical (unpaired) electrons. The van der Waals surface area contributed by atoms with E-state index in [4.69, 9.17) is 4.74 Å². The Bertz CT molecular complexity index is 1210. The Morgan fingerprint density at radius 2 is 1.75 bits per heavy atom. The summed E-state index contributed by atoms with van der Waals surface area (Å²) in [6.45, 7) is 2.48. The number of aryl methyl sites for hydroxylation is 1. The van der Waals surface area contributed by atoms with Crippen LogP contribution in [0.2, 0.25) is 0 Å². The predicted molar refractivity (Wildman–Crippen MR) is 126 cm³/mol. The van der Waals surface area contributed by atoms with Gasteiger partial charge in [0.1, 0.15) is 11.6 Å². The highest BCUT2D eigenvalue weighted by molar-refractivity contribution is 5.95. The third kappa shape index (κ3) is 5.29. The van der Waals surface area contributed by atoms with Crippen molar-refractivity contribution < 1.29 is 9.53 Å². The molecular weight excluding hydrogens is 400 g/mol. The Labute approximate surface area is 187 Å². The highest BCUT2D eigenvalue weighted by atomic mass is 16.5. The first-order chi connectivity index (χ1) is 15.6. The number of carbonyl (C=O) groups excluding carboxylic acids is 1. The molecule has 0 aliphatic heterocycles. The highest BCUT2D eigenvalue weighted by Crippen LogP contribution is 2.20. The van der Waals surface area contributed by atoms with Crippen LogP contribution in [0.1, 0.15) is 21.5 Å². The van der Waals surface area contributed by atoms with Gasteiger partial charge in [-0.25, -0.2) is 9.97 Å². The van der Waals surface area contributed by atoms with Gasteiger partial charge in [0, 0.05) is 29.6 Å². The number of aromatic nitrogens is 2.